The van der Waals surface area contributed by atoms with Gasteiger partial charge in [-0.25, -0.2) is 0 Å². The number of nitrogens with zero attached hydrogens (tertiary/aromatic N) is 6. The van der Waals surface area contributed by atoms with Crippen molar-refractivity contribution in [2.75, 3.05) is 0 Å². The molecule has 0 spiro atoms. The summed E-state index contributed by atoms with van der Waals surface area (Å²) in [5, 5.41) is 13.5. The zero-order valence-corrected chi connectivity index (χ0v) is 12.1. The molecule has 1 aliphatic rings. The van der Waals surface area contributed by atoms with Crippen molar-refractivity contribution in [1.29, 1.82) is 0 Å². The molecule has 1 aliphatic heterocycles. The first-order valence-electron chi connectivity index (χ1n) is 5.02. The van der Waals surface area contributed by atoms with Gasteiger partial charge in [0, 0.05) is 13.8 Å². The number of allylic oxidation sites excluding steroid dienone is 4. The van der Waals surface area contributed by atoms with Gasteiger partial charge in [0.25, 0.3) is 12.1 Å². The van der Waals surface area contributed by atoms with E-state index >= 15 is 0 Å². The second-order valence-electron chi connectivity index (χ2n) is 3.35. The van der Waals surface area contributed by atoms with Crippen molar-refractivity contribution < 1.29 is 10.2 Å². The summed E-state index contributed by atoms with van der Waals surface area (Å²) in [5.41, 5.74) is 3.02. The fourth-order valence-corrected chi connectivity index (χ4v) is 1.43. The van der Waals surface area contributed by atoms with Crippen LogP contribution in [0.2, 0.25) is 0 Å². The Balaban J connectivity index is 2.95. The van der Waals surface area contributed by atoms with Gasteiger partial charge in [-0.1, -0.05) is 19.3 Å². The molecular weight excluding hydrogens is 272 g/mol. The van der Waals surface area contributed by atoms with E-state index in [1.165, 1.54) is 0 Å². The van der Waals surface area contributed by atoms with Gasteiger partial charge in [-0.05, 0) is 13.8 Å². The Bertz CT molecular complexity index is 389. The highest BCUT2D eigenvalue weighted by Gasteiger charge is 2.03. The molecule has 0 saturated heterocycles. The molecule has 0 radical (unpaired) electrons. The van der Waals surface area contributed by atoms with E-state index in [0.717, 1.165) is 47.1 Å². The summed E-state index contributed by atoms with van der Waals surface area (Å²) in [7, 11) is 0. The Kier molecular flexibility index (Phi) is 6.36. The van der Waals surface area contributed by atoms with Crippen LogP contribution in [0, 0.1) is 0 Å². The van der Waals surface area contributed by atoms with Gasteiger partial charge in [0.2, 0.25) is 11.4 Å². The van der Waals surface area contributed by atoms with Crippen molar-refractivity contribution in [3.05, 3.63) is 22.8 Å². The van der Waals surface area contributed by atoms with Crippen LogP contribution in [0.25, 0.3) is 0 Å². The summed E-state index contributed by atoms with van der Waals surface area (Å²) < 4.78 is 15.5. The number of nitrogens with one attached hydrogen (secondary N) is 2. The number of hydrogen-bond acceptors (Lipinski definition) is 8. The topological polar surface area (TPSA) is 102 Å². The molecule has 0 aromatic heterocycles. The molecule has 1 heterocycles. The lowest BCUT2D eigenvalue weighted by Crippen LogP contribution is -2.63. The molecule has 1 rings (SSSR count). The zero-order valence-electron chi connectivity index (χ0n) is 10.5. The summed E-state index contributed by atoms with van der Waals surface area (Å²) in [5.74, 6) is 0. The minimum atomic E-state index is 0.718. The normalized spacial score (nSPS) is 26.4. The molecule has 0 bridgehead atoms. The van der Waals surface area contributed by atoms with E-state index in [9.17, 15) is 0 Å². The smallest absolute Gasteiger partial charge is 0.140 e. The van der Waals surface area contributed by atoms with E-state index in [1.807, 2.05) is 27.7 Å². The van der Waals surface area contributed by atoms with Crippen LogP contribution in [-0.2, 0) is 0 Å². The van der Waals surface area contributed by atoms with Crippen LogP contribution in [0.5, 0.6) is 0 Å². The lowest BCUT2D eigenvalue weighted by atomic mass is 10.4. The lowest BCUT2D eigenvalue weighted by molar-refractivity contribution is -0.474. The lowest BCUT2D eigenvalue weighted by Gasteiger charge is -1.89. The summed E-state index contributed by atoms with van der Waals surface area (Å²) in [6, 6.07) is 0. The average molecular weight is 286 g/mol. The quantitative estimate of drug-likeness (QED) is 0.661. The van der Waals surface area contributed by atoms with Gasteiger partial charge in [0.05, 0.1) is 9.04 Å². The Morgan fingerprint density at radius 1 is 0.722 bits per heavy atom. The molecule has 0 aromatic carbocycles. The molecule has 0 unspecified atom stereocenters. The van der Waals surface area contributed by atoms with Crippen LogP contribution in [0.15, 0.2) is 51.1 Å². The van der Waals surface area contributed by atoms with Gasteiger partial charge in [-0.2, -0.15) is 0 Å². The highest BCUT2D eigenvalue weighted by Crippen LogP contribution is 2.11. The van der Waals surface area contributed by atoms with Gasteiger partial charge in [0.15, 0.2) is 12.1 Å². The molecule has 18 heavy (non-hydrogen) atoms. The molecule has 0 aromatic rings. The first kappa shape index (κ1) is 14.6. The van der Waals surface area contributed by atoms with Crippen molar-refractivity contribution in [3.8, 4) is 0 Å². The van der Waals surface area contributed by atoms with Crippen LogP contribution in [0.3, 0.4) is 0 Å². The summed E-state index contributed by atoms with van der Waals surface area (Å²) in [6.45, 7) is 7.33. The van der Waals surface area contributed by atoms with E-state index in [-0.39, 0.29) is 0 Å². The van der Waals surface area contributed by atoms with Gasteiger partial charge < -0.3 is 0 Å². The molecule has 0 saturated carbocycles. The molecule has 0 amide bonds. The third-order valence-electron chi connectivity index (χ3n) is 2.05. The molecular formula is C8H14N8S2+2. The van der Waals surface area contributed by atoms with Gasteiger partial charge in [-0.15, -0.1) is 10.2 Å². The maximum absolute atomic E-state index is 3.96. The predicted octanol–water partition coefficient (Wildman–Crippen LogP) is 1.60. The minimum Gasteiger partial charge on any atom is -0.140 e. The van der Waals surface area contributed by atoms with E-state index in [2.05, 4.69) is 38.5 Å². The molecule has 0 atom stereocenters. The largest absolute Gasteiger partial charge is 0.254 e. The molecule has 96 valence electrons. The Morgan fingerprint density at radius 2 is 1.17 bits per heavy atom. The Hall–Kier alpha value is -1.42. The summed E-state index contributed by atoms with van der Waals surface area (Å²) in [4.78, 5) is 0. The van der Waals surface area contributed by atoms with Gasteiger partial charge in [-0.3, -0.25) is 0 Å². The van der Waals surface area contributed by atoms with Crippen LogP contribution >= 0.6 is 24.3 Å². The third kappa shape index (κ3) is 5.27. The van der Waals surface area contributed by atoms with Crippen LogP contribution in [0.1, 0.15) is 27.7 Å². The maximum atomic E-state index is 3.96. The van der Waals surface area contributed by atoms with Crippen molar-refractivity contribution in [3.63, 3.8) is 0 Å². The van der Waals surface area contributed by atoms with E-state index in [0.29, 0.717) is 0 Å². The van der Waals surface area contributed by atoms with Crippen LogP contribution in [-0.4, -0.2) is 0 Å². The zero-order chi connectivity index (χ0) is 13.4. The SMILES string of the molecule is C/C1=C(/C)[NH+]=NSN=[NH+]/C(C)=C(\C)N=NSN=N1. The highest BCUT2D eigenvalue weighted by molar-refractivity contribution is 7.96. The van der Waals surface area contributed by atoms with Crippen molar-refractivity contribution in [2.24, 2.45) is 28.3 Å². The molecule has 10 heteroatoms. The first-order valence-corrected chi connectivity index (χ1v) is 6.49. The van der Waals surface area contributed by atoms with Gasteiger partial charge in [0.1, 0.15) is 11.4 Å². The van der Waals surface area contributed by atoms with E-state index in [1.54, 1.807) is 0 Å². The predicted molar refractivity (Wildman–Crippen MR) is 68.4 cm³/mol. The molecule has 2 N–H and O–H groups in total. The highest BCUT2D eigenvalue weighted by atomic mass is 32.2. The average Bonchev–Trinajstić information content (AvgIpc) is 2.35. The minimum absolute atomic E-state index is 0.718. The molecule has 0 aliphatic carbocycles. The standard InChI is InChI=1S/C8H12N8S2/c1-5-6(2)10-14-18-16-12-8(4)7(3)11-15-17-13-9-5/h1-4H3/p+2/b6-5+,8-7+,13-9?,14-10?,15-11?,16-12?. The van der Waals surface area contributed by atoms with Crippen LogP contribution < -0.4 is 10.2 Å². The molecule has 8 nitrogen and oxygen atoms in total. The maximum Gasteiger partial charge on any atom is 0.254 e. The second kappa shape index (κ2) is 7.82. The van der Waals surface area contributed by atoms with Crippen molar-refractivity contribution in [1.82, 2.24) is 0 Å². The Labute approximate surface area is 113 Å². The van der Waals surface area contributed by atoms with Crippen molar-refractivity contribution >= 4 is 24.3 Å². The number of hydrogen-bond donors (Lipinski definition) is 2. The fraction of sp³-hybridized carbons (Fsp3) is 0.500. The summed E-state index contributed by atoms with van der Waals surface area (Å²) in [6.07, 6.45) is 0. The Morgan fingerprint density at radius 3 is 1.61 bits per heavy atom. The third-order valence-corrected chi connectivity index (χ3v) is 2.70. The molecule has 0 fully saturated rings. The van der Waals surface area contributed by atoms with E-state index < -0.39 is 0 Å². The monoisotopic (exact) mass is 286 g/mol. The fourth-order valence-electron chi connectivity index (χ4n) is 0.685. The number of rotatable bonds is 0. The van der Waals surface area contributed by atoms with Gasteiger partial charge >= 0.3 is 0 Å². The summed E-state index contributed by atoms with van der Waals surface area (Å²) >= 11 is 1.92. The second-order valence-corrected chi connectivity index (χ2v) is 4.37. The van der Waals surface area contributed by atoms with Crippen molar-refractivity contribution in [2.45, 2.75) is 27.7 Å². The van der Waals surface area contributed by atoms with E-state index in [4.69, 9.17) is 0 Å². The first-order chi connectivity index (χ1) is 8.61. The van der Waals surface area contributed by atoms with Crippen LogP contribution in [0.4, 0.5) is 0 Å².